The highest BCUT2D eigenvalue weighted by Crippen LogP contribution is 2.37. The summed E-state index contributed by atoms with van der Waals surface area (Å²) in [6.45, 7) is 4.38. The van der Waals surface area contributed by atoms with Crippen LogP contribution < -0.4 is 8.43 Å². The minimum atomic E-state index is 0.318. The Kier molecular flexibility index (Phi) is 3.01. The standard InChI is InChI=1S/C8H10I2N4/c1-4(2)7-11-5-3-6(9)12-13-8(5)14(7)10/h3-4,7,11H,1-2H3. The summed E-state index contributed by atoms with van der Waals surface area (Å²) in [5.41, 5.74) is 1.08. The van der Waals surface area contributed by atoms with Gasteiger partial charge in [-0.1, -0.05) is 13.8 Å². The lowest BCUT2D eigenvalue weighted by Gasteiger charge is -2.22. The van der Waals surface area contributed by atoms with Gasteiger partial charge < -0.3 is 5.32 Å². The molecule has 76 valence electrons. The lowest BCUT2D eigenvalue weighted by molar-refractivity contribution is 0.563. The number of fused-ring (bicyclic) bond motifs is 1. The SMILES string of the molecule is CC(C)C1Nc2cc(I)nnc2N1I. The molecular weight excluding hydrogens is 406 g/mol. The van der Waals surface area contributed by atoms with E-state index < -0.39 is 0 Å². The molecule has 2 heterocycles. The molecule has 0 spiro atoms. The quantitative estimate of drug-likeness (QED) is 0.565. The molecule has 1 unspecified atom stereocenters. The second-order valence-electron chi connectivity index (χ2n) is 3.55. The molecule has 1 aliphatic heterocycles. The normalized spacial score (nSPS) is 19.8. The van der Waals surface area contributed by atoms with Gasteiger partial charge in [-0.3, -0.25) is 3.11 Å². The average Bonchev–Trinajstić information content (AvgIpc) is 2.43. The van der Waals surface area contributed by atoms with Crippen molar-refractivity contribution in [2.45, 2.75) is 20.0 Å². The highest BCUT2D eigenvalue weighted by molar-refractivity contribution is 14.1. The Hall–Kier alpha value is 0.140. The maximum Gasteiger partial charge on any atom is 0.185 e. The first-order chi connectivity index (χ1) is 6.59. The summed E-state index contributed by atoms with van der Waals surface area (Å²) in [6, 6.07) is 2.02. The molecular formula is C8H10I2N4. The van der Waals surface area contributed by atoms with Gasteiger partial charge in [-0.2, -0.15) is 0 Å². The van der Waals surface area contributed by atoms with Gasteiger partial charge in [0.25, 0.3) is 0 Å². The van der Waals surface area contributed by atoms with Crippen molar-refractivity contribution in [3.05, 3.63) is 9.77 Å². The molecule has 2 rings (SSSR count). The fraction of sp³-hybridized carbons (Fsp3) is 0.500. The number of aromatic nitrogens is 2. The molecule has 0 radical (unpaired) electrons. The lowest BCUT2D eigenvalue weighted by Crippen LogP contribution is -2.33. The number of hydrogen-bond acceptors (Lipinski definition) is 4. The summed E-state index contributed by atoms with van der Waals surface area (Å²) in [7, 11) is 0. The van der Waals surface area contributed by atoms with Crippen LogP contribution >= 0.6 is 45.5 Å². The van der Waals surface area contributed by atoms with Gasteiger partial charge in [0, 0.05) is 0 Å². The van der Waals surface area contributed by atoms with E-state index in [4.69, 9.17) is 0 Å². The number of hydrogen-bond donors (Lipinski definition) is 1. The highest BCUT2D eigenvalue weighted by atomic mass is 127. The zero-order valence-electron chi connectivity index (χ0n) is 7.83. The van der Waals surface area contributed by atoms with Crippen LogP contribution in [0.3, 0.4) is 0 Å². The molecule has 1 N–H and O–H groups in total. The van der Waals surface area contributed by atoms with Crippen LogP contribution in [0.5, 0.6) is 0 Å². The zero-order valence-corrected chi connectivity index (χ0v) is 12.1. The molecule has 14 heavy (non-hydrogen) atoms. The summed E-state index contributed by atoms with van der Waals surface area (Å²) >= 11 is 4.45. The molecule has 0 amide bonds. The van der Waals surface area contributed by atoms with Gasteiger partial charge in [-0.25, -0.2) is 0 Å². The number of halogens is 2. The molecule has 1 atom stereocenters. The van der Waals surface area contributed by atoms with E-state index in [-0.39, 0.29) is 0 Å². The maximum absolute atomic E-state index is 4.17. The Labute approximate surface area is 110 Å². The third kappa shape index (κ3) is 1.77. The van der Waals surface area contributed by atoms with E-state index in [0.717, 1.165) is 15.2 Å². The zero-order chi connectivity index (χ0) is 10.3. The monoisotopic (exact) mass is 416 g/mol. The van der Waals surface area contributed by atoms with Crippen molar-refractivity contribution in [1.29, 1.82) is 0 Å². The summed E-state index contributed by atoms with van der Waals surface area (Å²) in [6.07, 6.45) is 0.318. The lowest BCUT2D eigenvalue weighted by atomic mass is 10.2. The molecule has 1 aromatic rings. The minimum absolute atomic E-state index is 0.318. The number of anilines is 2. The van der Waals surface area contributed by atoms with E-state index in [9.17, 15) is 0 Å². The van der Waals surface area contributed by atoms with Gasteiger partial charge in [-0.05, 0) is 34.6 Å². The second-order valence-corrected chi connectivity index (χ2v) is 5.69. The maximum atomic E-state index is 4.17. The molecule has 0 aliphatic carbocycles. The van der Waals surface area contributed by atoms with Gasteiger partial charge >= 0.3 is 0 Å². The third-order valence-corrected chi connectivity index (χ3v) is 3.71. The van der Waals surface area contributed by atoms with Crippen LogP contribution in [0.4, 0.5) is 11.5 Å². The van der Waals surface area contributed by atoms with Crippen molar-refractivity contribution in [2.24, 2.45) is 5.92 Å². The molecule has 1 aromatic heterocycles. The Morgan fingerprint density at radius 3 is 2.86 bits per heavy atom. The van der Waals surface area contributed by atoms with E-state index in [1.54, 1.807) is 0 Å². The van der Waals surface area contributed by atoms with Gasteiger partial charge in [0.15, 0.2) is 5.82 Å². The predicted octanol–water partition coefficient (Wildman–Crippen LogP) is 2.65. The molecule has 1 aliphatic rings. The van der Waals surface area contributed by atoms with Crippen LogP contribution in [0.2, 0.25) is 0 Å². The topological polar surface area (TPSA) is 41.1 Å². The van der Waals surface area contributed by atoms with Gasteiger partial charge in [0.05, 0.1) is 28.6 Å². The molecule has 6 heteroatoms. The van der Waals surface area contributed by atoms with Gasteiger partial charge in [0.1, 0.15) is 9.87 Å². The Morgan fingerprint density at radius 2 is 2.21 bits per heavy atom. The first-order valence-electron chi connectivity index (χ1n) is 4.34. The fourth-order valence-corrected chi connectivity index (χ4v) is 2.96. The molecule has 0 saturated carbocycles. The molecule has 0 saturated heterocycles. The first-order valence-corrected chi connectivity index (χ1v) is 6.38. The summed E-state index contributed by atoms with van der Waals surface area (Å²) in [5, 5.41) is 11.7. The minimum Gasteiger partial charge on any atom is -0.361 e. The van der Waals surface area contributed by atoms with Crippen molar-refractivity contribution < 1.29 is 0 Å². The third-order valence-electron chi connectivity index (χ3n) is 2.13. The number of nitrogens with one attached hydrogen (secondary N) is 1. The van der Waals surface area contributed by atoms with Crippen LogP contribution in [0.25, 0.3) is 0 Å². The van der Waals surface area contributed by atoms with Crippen molar-refractivity contribution in [1.82, 2.24) is 10.2 Å². The van der Waals surface area contributed by atoms with Crippen LogP contribution in [-0.2, 0) is 0 Å². The molecule has 0 bridgehead atoms. The Balaban J connectivity index is 2.35. The van der Waals surface area contributed by atoms with Crippen molar-refractivity contribution in [2.75, 3.05) is 8.43 Å². The fourth-order valence-electron chi connectivity index (χ4n) is 1.40. The van der Waals surface area contributed by atoms with E-state index in [0.29, 0.717) is 12.1 Å². The van der Waals surface area contributed by atoms with Crippen LogP contribution in [-0.4, -0.2) is 16.4 Å². The first kappa shape index (κ1) is 10.7. The van der Waals surface area contributed by atoms with Crippen LogP contribution in [0.1, 0.15) is 13.8 Å². The summed E-state index contributed by atoms with van der Waals surface area (Å²) in [4.78, 5) is 0. The van der Waals surface area contributed by atoms with E-state index in [1.807, 2.05) is 6.07 Å². The smallest absolute Gasteiger partial charge is 0.185 e. The Bertz CT molecular complexity index is 355. The van der Waals surface area contributed by atoms with Crippen LogP contribution in [0, 0.1) is 9.62 Å². The van der Waals surface area contributed by atoms with Crippen molar-refractivity contribution in [3.8, 4) is 0 Å². The largest absolute Gasteiger partial charge is 0.361 e. The number of rotatable bonds is 1. The van der Waals surface area contributed by atoms with Crippen molar-refractivity contribution in [3.63, 3.8) is 0 Å². The van der Waals surface area contributed by atoms with Crippen LogP contribution in [0.15, 0.2) is 6.07 Å². The van der Waals surface area contributed by atoms with Gasteiger partial charge in [-0.15, -0.1) is 10.2 Å². The van der Waals surface area contributed by atoms with Crippen molar-refractivity contribution >= 4 is 57.0 Å². The molecule has 0 fully saturated rings. The molecule has 4 nitrogen and oxygen atoms in total. The predicted molar refractivity (Wildman–Crippen MR) is 73.5 cm³/mol. The second kappa shape index (κ2) is 3.95. The van der Waals surface area contributed by atoms with E-state index >= 15 is 0 Å². The summed E-state index contributed by atoms with van der Waals surface area (Å²) < 4.78 is 3.03. The highest BCUT2D eigenvalue weighted by Gasteiger charge is 2.31. The summed E-state index contributed by atoms with van der Waals surface area (Å²) in [5.74, 6) is 1.48. The van der Waals surface area contributed by atoms with E-state index in [1.165, 1.54) is 0 Å². The number of nitrogens with zero attached hydrogens (tertiary/aromatic N) is 3. The average molecular weight is 416 g/mol. The van der Waals surface area contributed by atoms with E-state index in [2.05, 4.69) is 77.9 Å². The van der Waals surface area contributed by atoms with Gasteiger partial charge in [0.2, 0.25) is 0 Å². The molecule has 0 aromatic carbocycles. The Morgan fingerprint density at radius 1 is 1.50 bits per heavy atom.